The first-order valence-corrected chi connectivity index (χ1v) is 5.99. The van der Waals surface area contributed by atoms with Crippen molar-refractivity contribution >= 4 is 0 Å². The van der Waals surface area contributed by atoms with Crippen LogP contribution in [0.4, 0.5) is 0 Å². The van der Waals surface area contributed by atoms with Gasteiger partial charge in [-0.25, -0.2) is 0 Å². The number of likely N-dealkylation sites (N-methyl/N-ethyl adjacent to an activating group) is 1. The monoisotopic (exact) mass is 214 g/mol. The van der Waals surface area contributed by atoms with Gasteiger partial charge in [-0.15, -0.1) is 0 Å². The van der Waals surface area contributed by atoms with Crippen LogP contribution in [0.2, 0.25) is 0 Å². The van der Waals surface area contributed by atoms with Gasteiger partial charge in [-0.3, -0.25) is 4.90 Å². The quantitative estimate of drug-likeness (QED) is 0.767. The molecule has 0 aromatic rings. The van der Waals surface area contributed by atoms with Crippen LogP contribution in [-0.2, 0) is 4.74 Å². The van der Waals surface area contributed by atoms with Crippen molar-refractivity contribution in [3.05, 3.63) is 0 Å². The van der Waals surface area contributed by atoms with Crippen LogP contribution in [0.5, 0.6) is 0 Å². The number of piperidine rings is 1. The Kier molecular flexibility index (Phi) is 4.56. The van der Waals surface area contributed by atoms with E-state index in [0.717, 1.165) is 6.54 Å². The van der Waals surface area contributed by atoms with E-state index in [1.165, 1.54) is 19.4 Å². The predicted molar refractivity (Wildman–Crippen MR) is 64.2 cm³/mol. The van der Waals surface area contributed by atoms with E-state index in [1.54, 1.807) is 0 Å². The van der Waals surface area contributed by atoms with Gasteiger partial charge in [-0.05, 0) is 47.2 Å². The minimum Gasteiger partial charge on any atom is -0.377 e. The van der Waals surface area contributed by atoms with Gasteiger partial charge in [0.1, 0.15) is 0 Å². The van der Waals surface area contributed by atoms with Crippen molar-refractivity contribution in [1.29, 1.82) is 0 Å². The fraction of sp³-hybridized carbons (Fsp3) is 1.00. The van der Waals surface area contributed by atoms with Gasteiger partial charge in [0.25, 0.3) is 0 Å². The van der Waals surface area contributed by atoms with Crippen LogP contribution in [0, 0.1) is 0 Å². The maximum Gasteiger partial charge on any atom is 0.0777 e. The molecule has 0 radical (unpaired) electrons. The summed E-state index contributed by atoms with van der Waals surface area (Å²) in [6.07, 6.45) is 2.42. The Morgan fingerprint density at radius 1 is 1.40 bits per heavy atom. The van der Waals surface area contributed by atoms with E-state index in [1.807, 2.05) is 14.2 Å². The average Bonchev–Trinajstić information content (AvgIpc) is 2.27. The molecular formula is C12H26N2O. The van der Waals surface area contributed by atoms with Crippen LogP contribution in [-0.4, -0.2) is 49.8 Å². The van der Waals surface area contributed by atoms with E-state index < -0.39 is 0 Å². The SMILES string of the molecule is CNC(C)C(C)N1CCCC(C)(OC)C1. The number of rotatable bonds is 4. The molecule has 1 aliphatic rings. The number of methoxy groups -OCH3 is 1. The molecule has 1 N–H and O–H groups in total. The maximum atomic E-state index is 5.61. The molecule has 3 atom stereocenters. The third-order valence-corrected chi connectivity index (χ3v) is 3.94. The number of likely N-dealkylation sites (tertiary alicyclic amines) is 1. The Balaban J connectivity index is 2.56. The molecule has 15 heavy (non-hydrogen) atoms. The maximum absolute atomic E-state index is 5.61. The van der Waals surface area contributed by atoms with Crippen molar-refractivity contribution < 1.29 is 4.74 Å². The highest BCUT2D eigenvalue weighted by atomic mass is 16.5. The second-order valence-electron chi connectivity index (χ2n) is 5.05. The van der Waals surface area contributed by atoms with E-state index in [2.05, 4.69) is 31.0 Å². The predicted octanol–water partition coefficient (Wildman–Crippen LogP) is 1.48. The smallest absolute Gasteiger partial charge is 0.0777 e. The molecule has 90 valence electrons. The van der Waals surface area contributed by atoms with Gasteiger partial charge in [0, 0.05) is 25.7 Å². The lowest BCUT2D eigenvalue weighted by Gasteiger charge is -2.43. The van der Waals surface area contributed by atoms with Gasteiger partial charge in [0.15, 0.2) is 0 Å². The summed E-state index contributed by atoms with van der Waals surface area (Å²) in [5.41, 5.74) is 0.0555. The Hall–Kier alpha value is -0.120. The van der Waals surface area contributed by atoms with E-state index in [0.29, 0.717) is 12.1 Å². The summed E-state index contributed by atoms with van der Waals surface area (Å²) < 4.78 is 5.61. The zero-order chi connectivity index (χ0) is 11.5. The number of nitrogens with one attached hydrogen (secondary N) is 1. The van der Waals surface area contributed by atoms with E-state index >= 15 is 0 Å². The zero-order valence-corrected chi connectivity index (χ0v) is 10.8. The molecule has 0 aromatic heterocycles. The third-order valence-electron chi connectivity index (χ3n) is 3.94. The van der Waals surface area contributed by atoms with Crippen molar-refractivity contribution in [1.82, 2.24) is 10.2 Å². The van der Waals surface area contributed by atoms with E-state index in [4.69, 9.17) is 4.74 Å². The first kappa shape index (κ1) is 12.9. The van der Waals surface area contributed by atoms with E-state index in [-0.39, 0.29) is 5.60 Å². The number of hydrogen-bond acceptors (Lipinski definition) is 3. The molecule has 3 nitrogen and oxygen atoms in total. The Bertz CT molecular complexity index is 198. The minimum atomic E-state index is 0.0555. The van der Waals surface area contributed by atoms with Crippen molar-refractivity contribution in [2.45, 2.75) is 51.3 Å². The van der Waals surface area contributed by atoms with Crippen molar-refractivity contribution in [3.63, 3.8) is 0 Å². The molecule has 1 heterocycles. The van der Waals surface area contributed by atoms with Crippen LogP contribution in [0.25, 0.3) is 0 Å². The van der Waals surface area contributed by atoms with Crippen LogP contribution in [0.15, 0.2) is 0 Å². The molecule has 1 aliphatic heterocycles. The number of nitrogens with zero attached hydrogens (tertiary/aromatic N) is 1. The second-order valence-corrected chi connectivity index (χ2v) is 5.05. The van der Waals surface area contributed by atoms with Crippen molar-refractivity contribution in [3.8, 4) is 0 Å². The second kappa shape index (κ2) is 5.28. The summed E-state index contributed by atoms with van der Waals surface area (Å²) in [6, 6.07) is 1.11. The molecule has 3 unspecified atom stereocenters. The lowest BCUT2D eigenvalue weighted by atomic mass is 9.93. The molecule has 3 heteroatoms. The van der Waals surface area contributed by atoms with Crippen molar-refractivity contribution in [2.75, 3.05) is 27.2 Å². The molecule has 0 bridgehead atoms. The number of ether oxygens (including phenoxy) is 1. The van der Waals surface area contributed by atoms with Gasteiger partial charge in [-0.1, -0.05) is 0 Å². The minimum absolute atomic E-state index is 0.0555. The summed E-state index contributed by atoms with van der Waals surface area (Å²) in [5.74, 6) is 0. The van der Waals surface area contributed by atoms with Gasteiger partial charge < -0.3 is 10.1 Å². The fourth-order valence-corrected chi connectivity index (χ4v) is 2.32. The first-order valence-electron chi connectivity index (χ1n) is 5.99. The van der Waals surface area contributed by atoms with Crippen LogP contribution >= 0.6 is 0 Å². The van der Waals surface area contributed by atoms with Gasteiger partial charge >= 0.3 is 0 Å². The third kappa shape index (κ3) is 3.16. The molecule has 0 aliphatic carbocycles. The van der Waals surface area contributed by atoms with Gasteiger partial charge in [0.05, 0.1) is 5.60 Å². The normalized spacial score (nSPS) is 32.6. The first-order chi connectivity index (χ1) is 7.02. The number of hydrogen-bond donors (Lipinski definition) is 1. The van der Waals surface area contributed by atoms with E-state index in [9.17, 15) is 0 Å². The molecule has 0 amide bonds. The average molecular weight is 214 g/mol. The zero-order valence-electron chi connectivity index (χ0n) is 10.8. The molecule has 1 saturated heterocycles. The molecular weight excluding hydrogens is 188 g/mol. The highest BCUT2D eigenvalue weighted by Gasteiger charge is 2.33. The lowest BCUT2D eigenvalue weighted by molar-refractivity contribution is -0.0620. The highest BCUT2D eigenvalue weighted by Crippen LogP contribution is 2.25. The fourth-order valence-electron chi connectivity index (χ4n) is 2.32. The van der Waals surface area contributed by atoms with Crippen LogP contribution in [0.1, 0.15) is 33.6 Å². The lowest BCUT2D eigenvalue weighted by Crippen LogP contribution is -2.54. The molecule has 1 fully saturated rings. The summed E-state index contributed by atoms with van der Waals surface area (Å²) in [4.78, 5) is 2.54. The summed E-state index contributed by atoms with van der Waals surface area (Å²) >= 11 is 0. The molecule has 1 rings (SSSR count). The van der Waals surface area contributed by atoms with Crippen molar-refractivity contribution in [2.24, 2.45) is 0 Å². The summed E-state index contributed by atoms with van der Waals surface area (Å²) in [5, 5.41) is 3.32. The standard InChI is InChI=1S/C12H26N2O/c1-10(13-4)11(2)14-8-6-7-12(3,9-14)15-5/h10-11,13H,6-9H2,1-5H3. The van der Waals surface area contributed by atoms with Gasteiger partial charge in [0.2, 0.25) is 0 Å². The summed E-state index contributed by atoms with van der Waals surface area (Å²) in [6.45, 7) is 9.00. The van der Waals surface area contributed by atoms with Crippen LogP contribution in [0.3, 0.4) is 0 Å². The largest absolute Gasteiger partial charge is 0.377 e. The topological polar surface area (TPSA) is 24.5 Å². The molecule has 0 saturated carbocycles. The van der Waals surface area contributed by atoms with Gasteiger partial charge in [-0.2, -0.15) is 0 Å². The highest BCUT2D eigenvalue weighted by molar-refractivity contribution is 4.89. The molecule has 0 aromatic carbocycles. The summed E-state index contributed by atoms with van der Waals surface area (Å²) in [7, 11) is 3.86. The Labute approximate surface area is 94.2 Å². The Morgan fingerprint density at radius 2 is 2.07 bits per heavy atom. The van der Waals surface area contributed by atoms with Crippen LogP contribution < -0.4 is 5.32 Å². The molecule has 0 spiro atoms. The Morgan fingerprint density at radius 3 is 2.60 bits per heavy atom.